The molecule has 0 radical (unpaired) electrons. The summed E-state index contributed by atoms with van der Waals surface area (Å²) in [7, 11) is 0. The predicted molar refractivity (Wildman–Crippen MR) is 128 cm³/mol. The highest BCUT2D eigenvalue weighted by atomic mass is 16.5. The first kappa shape index (κ1) is 25.0. The Labute approximate surface area is 199 Å². The number of amides is 3. The van der Waals surface area contributed by atoms with E-state index in [1.807, 2.05) is 38.1 Å². The fourth-order valence-corrected chi connectivity index (χ4v) is 3.61. The van der Waals surface area contributed by atoms with Gasteiger partial charge in [-0.05, 0) is 54.2 Å². The normalized spacial score (nSPS) is 15.7. The third-order valence-corrected chi connectivity index (χ3v) is 5.93. The fourth-order valence-electron chi connectivity index (χ4n) is 3.61. The van der Waals surface area contributed by atoms with Gasteiger partial charge in [0, 0.05) is 17.7 Å². The first-order valence-corrected chi connectivity index (χ1v) is 11.2. The third-order valence-electron chi connectivity index (χ3n) is 5.93. The molecule has 1 heterocycles. The number of esters is 1. The number of hydrogen-bond donors (Lipinski definition) is 2. The van der Waals surface area contributed by atoms with Gasteiger partial charge in [0.05, 0.1) is 12.5 Å². The summed E-state index contributed by atoms with van der Waals surface area (Å²) in [5.74, 6) is -2.70. The molecular weight excluding hydrogens is 434 g/mol. The maximum atomic E-state index is 12.5. The van der Waals surface area contributed by atoms with Gasteiger partial charge in [0.1, 0.15) is 0 Å². The fraction of sp³-hybridized carbons (Fsp3) is 0.385. The van der Waals surface area contributed by atoms with Gasteiger partial charge in [-0.2, -0.15) is 0 Å². The lowest BCUT2D eigenvalue weighted by Crippen LogP contribution is -2.43. The van der Waals surface area contributed by atoms with Crippen molar-refractivity contribution in [3.8, 4) is 0 Å². The second kappa shape index (κ2) is 10.1. The maximum absolute atomic E-state index is 12.5. The van der Waals surface area contributed by atoms with Gasteiger partial charge in [0.2, 0.25) is 5.91 Å². The monoisotopic (exact) mass is 465 g/mol. The molecule has 3 amide bonds. The van der Waals surface area contributed by atoms with Crippen molar-refractivity contribution < 1.29 is 23.9 Å². The Morgan fingerprint density at radius 2 is 1.74 bits per heavy atom. The van der Waals surface area contributed by atoms with Crippen molar-refractivity contribution in [1.82, 2.24) is 10.4 Å². The third kappa shape index (κ3) is 6.01. The van der Waals surface area contributed by atoms with Crippen molar-refractivity contribution in [2.45, 2.75) is 46.5 Å². The van der Waals surface area contributed by atoms with Crippen LogP contribution in [0.25, 0.3) is 0 Å². The minimum atomic E-state index is -0.760. The molecule has 0 bridgehead atoms. The van der Waals surface area contributed by atoms with E-state index in [1.165, 1.54) is 0 Å². The van der Waals surface area contributed by atoms with E-state index in [0.29, 0.717) is 11.3 Å². The van der Waals surface area contributed by atoms with E-state index in [2.05, 4.69) is 31.5 Å². The molecule has 2 N–H and O–H groups in total. The summed E-state index contributed by atoms with van der Waals surface area (Å²) in [5.41, 5.74) is 6.64. The number of hydrogen-bond acceptors (Lipinski definition) is 5. The number of ether oxygens (including phenoxy) is 1. The summed E-state index contributed by atoms with van der Waals surface area (Å²) >= 11 is 0. The average molecular weight is 466 g/mol. The zero-order valence-electron chi connectivity index (χ0n) is 20.2. The van der Waals surface area contributed by atoms with Crippen molar-refractivity contribution in [2.24, 2.45) is 5.92 Å². The molecule has 0 aromatic heterocycles. The molecule has 0 spiro atoms. The number of aryl methyl sites for hydroxylation is 1. The smallest absolute Gasteiger partial charge is 0.311 e. The van der Waals surface area contributed by atoms with Crippen LogP contribution in [0.15, 0.2) is 42.5 Å². The molecule has 180 valence electrons. The van der Waals surface area contributed by atoms with Crippen LogP contribution in [0.4, 0.5) is 5.69 Å². The number of rotatable bonds is 6. The predicted octanol–water partition coefficient (Wildman–Crippen LogP) is 3.28. The van der Waals surface area contributed by atoms with E-state index in [-0.39, 0.29) is 24.3 Å². The van der Waals surface area contributed by atoms with Crippen molar-refractivity contribution >= 4 is 29.4 Å². The van der Waals surface area contributed by atoms with Gasteiger partial charge in [-0.15, -0.1) is 0 Å². The van der Waals surface area contributed by atoms with Crippen LogP contribution in [-0.2, 0) is 24.5 Å². The lowest BCUT2D eigenvalue weighted by atomic mass is 9.87. The number of carbonyl (C=O) groups is 4. The molecule has 1 unspecified atom stereocenters. The summed E-state index contributed by atoms with van der Waals surface area (Å²) in [6.07, 6.45) is -0.0965. The molecule has 1 atom stereocenters. The number of nitrogens with zero attached hydrogens (tertiary/aromatic N) is 1. The second-order valence-electron chi connectivity index (χ2n) is 9.58. The van der Waals surface area contributed by atoms with Crippen LogP contribution >= 0.6 is 0 Å². The van der Waals surface area contributed by atoms with Crippen LogP contribution in [0.3, 0.4) is 0 Å². The van der Waals surface area contributed by atoms with Crippen LogP contribution in [0.2, 0.25) is 0 Å². The van der Waals surface area contributed by atoms with Gasteiger partial charge < -0.3 is 10.1 Å². The Bertz CT molecular complexity index is 1100. The lowest BCUT2D eigenvalue weighted by Gasteiger charge is -2.20. The molecule has 8 heteroatoms. The van der Waals surface area contributed by atoms with E-state index >= 15 is 0 Å². The number of hydrazine groups is 1. The van der Waals surface area contributed by atoms with Crippen LogP contribution in [0.1, 0.15) is 54.2 Å². The quantitative estimate of drug-likeness (QED) is 0.637. The molecule has 0 aliphatic carbocycles. The molecule has 2 aromatic carbocycles. The topological polar surface area (TPSA) is 105 Å². The van der Waals surface area contributed by atoms with Crippen molar-refractivity contribution in [3.63, 3.8) is 0 Å². The summed E-state index contributed by atoms with van der Waals surface area (Å²) in [6, 6.07) is 12.7. The molecule has 2 aromatic rings. The van der Waals surface area contributed by atoms with Crippen LogP contribution in [0.5, 0.6) is 0 Å². The first-order chi connectivity index (χ1) is 16.0. The van der Waals surface area contributed by atoms with Gasteiger partial charge in [-0.1, -0.05) is 45.0 Å². The number of anilines is 1. The Morgan fingerprint density at radius 1 is 1.06 bits per heavy atom. The molecule has 1 aliphatic rings. The van der Waals surface area contributed by atoms with Crippen LogP contribution < -0.4 is 10.7 Å². The summed E-state index contributed by atoms with van der Waals surface area (Å²) in [4.78, 5) is 49.5. The van der Waals surface area contributed by atoms with Crippen molar-refractivity contribution in [1.29, 1.82) is 0 Å². The molecule has 1 fully saturated rings. The summed E-state index contributed by atoms with van der Waals surface area (Å²) in [6.45, 7) is 9.61. The van der Waals surface area contributed by atoms with Gasteiger partial charge in [-0.3, -0.25) is 29.6 Å². The molecule has 3 rings (SSSR count). The largest absolute Gasteiger partial charge is 0.455 e. The van der Waals surface area contributed by atoms with Gasteiger partial charge in [0.25, 0.3) is 11.8 Å². The SMILES string of the molecule is Cc1cccc(NC(=O)COC(=O)C2CC(=O)N(NC(=O)c3ccc(C(C)(C)C)cc3)C2)c1C. The molecule has 1 saturated heterocycles. The van der Waals surface area contributed by atoms with E-state index < -0.39 is 30.3 Å². The molecular formula is C26H31N3O5. The average Bonchev–Trinajstić information content (AvgIpc) is 3.15. The summed E-state index contributed by atoms with van der Waals surface area (Å²) in [5, 5.41) is 3.85. The van der Waals surface area contributed by atoms with Crippen LogP contribution in [0, 0.1) is 19.8 Å². The zero-order chi connectivity index (χ0) is 25.0. The lowest BCUT2D eigenvalue weighted by molar-refractivity contribution is -0.151. The number of benzene rings is 2. The highest BCUT2D eigenvalue weighted by Gasteiger charge is 2.36. The standard InChI is InChI=1S/C26H31N3O5/c1-16-7-6-8-21(17(16)2)27-22(30)15-34-25(33)19-13-23(31)29(14-19)28-24(32)18-9-11-20(12-10-18)26(3,4)5/h6-12,19H,13-15H2,1-5H3,(H,27,30)(H,28,32). The molecule has 1 aliphatic heterocycles. The molecule has 0 saturated carbocycles. The van der Waals surface area contributed by atoms with Crippen molar-refractivity contribution in [2.75, 3.05) is 18.5 Å². The van der Waals surface area contributed by atoms with E-state index in [4.69, 9.17) is 4.74 Å². The number of carbonyl (C=O) groups excluding carboxylic acids is 4. The Kier molecular flexibility index (Phi) is 7.39. The minimum absolute atomic E-state index is 0.0118. The maximum Gasteiger partial charge on any atom is 0.311 e. The number of nitrogens with one attached hydrogen (secondary N) is 2. The van der Waals surface area contributed by atoms with Crippen molar-refractivity contribution in [3.05, 3.63) is 64.7 Å². The van der Waals surface area contributed by atoms with Gasteiger partial charge in [-0.25, -0.2) is 0 Å². The Hall–Kier alpha value is -3.68. The Balaban J connectivity index is 1.50. The van der Waals surface area contributed by atoms with Gasteiger partial charge in [0.15, 0.2) is 6.61 Å². The Morgan fingerprint density at radius 3 is 2.38 bits per heavy atom. The zero-order valence-corrected chi connectivity index (χ0v) is 20.2. The van der Waals surface area contributed by atoms with Gasteiger partial charge >= 0.3 is 5.97 Å². The van der Waals surface area contributed by atoms with E-state index in [0.717, 1.165) is 21.7 Å². The summed E-state index contributed by atoms with van der Waals surface area (Å²) < 4.78 is 5.12. The first-order valence-electron chi connectivity index (χ1n) is 11.2. The second-order valence-corrected chi connectivity index (χ2v) is 9.58. The van der Waals surface area contributed by atoms with E-state index in [9.17, 15) is 19.2 Å². The minimum Gasteiger partial charge on any atom is -0.455 e. The highest BCUT2D eigenvalue weighted by Crippen LogP contribution is 2.23. The molecule has 8 nitrogen and oxygen atoms in total. The van der Waals surface area contributed by atoms with Crippen LogP contribution in [-0.4, -0.2) is 41.9 Å². The van der Waals surface area contributed by atoms with E-state index in [1.54, 1.807) is 18.2 Å². The highest BCUT2D eigenvalue weighted by molar-refractivity contribution is 5.97. The molecule has 34 heavy (non-hydrogen) atoms.